The summed E-state index contributed by atoms with van der Waals surface area (Å²) in [6.07, 6.45) is 6.46. The Bertz CT molecular complexity index is 487. The van der Waals surface area contributed by atoms with Gasteiger partial charge < -0.3 is 4.90 Å². The van der Waals surface area contributed by atoms with Crippen LogP contribution in [0, 0.1) is 15.0 Å². The van der Waals surface area contributed by atoms with Crippen molar-refractivity contribution >= 4 is 40.3 Å². The van der Waals surface area contributed by atoms with Crippen LogP contribution in [-0.4, -0.2) is 23.0 Å². The smallest absolute Gasteiger partial charge is 0.148 e. The van der Waals surface area contributed by atoms with Crippen LogP contribution in [0.2, 0.25) is 5.15 Å². The minimum absolute atomic E-state index is 0.278. The third-order valence-electron chi connectivity index (χ3n) is 2.69. The summed E-state index contributed by atoms with van der Waals surface area (Å²) in [5, 5.41) is 9.34. The highest BCUT2D eigenvalue weighted by Gasteiger charge is 2.10. The SMILES string of the molecule is N#Cc1c(/C=C/N2CCCC2)cc(I)nc1Cl. The summed E-state index contributed by atoms with van der Waals surface area (Å²) in [4.78, 5) is 6.32. The fraction of sp³-hybridized carbons (Fsp3) is 0.333. The highest BCUT2D eigenvalue weighted by molar-refractivity contribution is 14.1. The molecule has 1 fully saturated rings. The lowest BCUT2D eigenvalue weighted by atomic mass is 10.1. The number of rotatable bonds is 2. The zero-order valence-electron chi connectivity index (χ0n) is 9.16. The second-order valence-corrected chi connectivity index (χ2v) is 5.33. The van der Waals surface area contributed by atoms with Gasteiger partial charge in [-0.3, -0.25) is 0 Å². The second-order valence-electron chi connectivity index (χ2n) is 3.87. The van der Waals surface area contributed by atoms with Gasteiger partial charge in [0.2, 0.25) is 0 Å². The van der Waals surface area contributed by atoms with Crippen molar-refractivity contribution in [3.8, 4) is 6.07 Å². The number of nitriles is 1. The fourth-order valence-corrected chi connectivity index (χ4v) is 2.78. The van der Waals surface area contributed by atoms with Crippen molar-refractivity contribution in [3.05, 3.63) is 32.2 Å². The Morgan fingerprint density at radius 3 is 2.82 bits per heavy atom. The molecule has 0 spiro atoms. The van der Waals surface area contributed by atoms with E-state index in [1.54, 1.807) is 0 Å². The van der Waals surface area contributed by atoms with Gasteiger partial charge in [-0.15, -0.1) is 0 Å². The topological polar surface area (TPSA) is 39.9 Å². The van der Waals surface area contributed by atoms with Crippen LogP contribution in [-0.2, 0) is 0 Å². The van der Waals surface area contributed by atoms with E-state index in [1.807, 2.05) is 18.3 Å². The molecule has 5 heteroatoms. The predicted octanol–water partition coefficient (Wildman–Crippen LogP) is 3.28. The van der Waals surface area contributed by atoms with Crippen molar-refractivity contribution in [2.24, 2.45) is 0 Å². The van der Waals surface area contributed by atoms with Crippen LogP contribution in [0.4, 0.5) is 0 Å². The van der Waals surface area contributed by atoms with E-state index in [0.717, 1.165) is 22.4 Å². The van der Waals surface area contributed by atoms with Crippen molar-refractivity contribution < 1.29 is 0 Å². The van der Waals surface area contributed by atoms with Gasteiger partial charge in [0.15, 0.2) is 0 Å². The maximum absolute atomic E-state index is 9.06. The molecular weight excluding hydrogens is 349 g/mol. The molecule has 0 radical (unpaired) electrons. The molecule has 1 aromatic rings. The molecule has 0 amide bonds. The molecular formula is C12H11ClIN3. The van der Waals surface area contributed by atoms with E-state index in [1.165, 1.54) is 12.8 Å². The molecule has 0 unspecified atom stereocenters. The van der Waals surface area contributed by atoms with Gasteiger partial charge in [0, 0.05) is 13.1 Å². The Labute approximate surface area is 119 Å². The Hall–Kier alpha value is -0.800. The lowest BCUT2D eigenvalue weighted by molar-refractivity contribution is 0.471. The first kappa shape index (κ1) is 12.7. The molecule has 1 saturated heterocycles. The molecule has 0 bridgehead atoms. The van der Waals surface area contributed by atoms with E-state index in [-0.39, 0.29) is 5.15 Å². The standard InChI is InChI=1S/C12H11ClIN3/c13-12-10(8-15)9(7-11(14)16-12)3-6-17-4-1-2-5-17/h3,6-7H,1-2,4-5H2/b6-3+. The Kier molecular flexibility index (Phi) is 4.24. The van der Waals surface area contributed by atoms with Gasteiger partial charge >= 0.3 is 0 Å². The minimum Gasteiger partial charge on any atom is -0.377 e. The molecule has 0 N–H and O–H groups in total. The van der Waals surface area contributed by atoms with Crippen molar-refractivity contribution in [3.63, 3.8) is 0 Å². The van der Waals surface area contributed by atoms with Crippen molar-refractivity contribution in [2.75, 3.05) is 13.1 Å². The number of nitrogens with zero attached hydrogens (tertiary/aromatic N) is 3. The van der Waals surface area contributed by atoms with Crippen LogP contribution in [0.25, 0.3) is 6.08 Å². The molecule has 1 aliphatic heterocycles. The predicted molar refractivity (Wildman–Crippen MR) is 76.5 cm³/mol. The van der Waals surface area contributed by atoms with Crippen molar-refractivity contribution in [1.82, 2.24) is 9.88 Å². The Morgan fingerprint density at radius 1 is 1.47 bits per heavy atom. The third kappa shape index (κ3) is 3.11. The molecule has 0 aliphatic carbocycles. The average Bonchev–Trinajstić information content (AvgIpc) is 2.78. The first-order valence-electron chi connectivity index (χ1n) is 5.39. The average molecular weight is 360 g/mol. The zero-order valence-corrected chi connectivity index (χ0v) is 12.1. The summed E-state index contributed by atoms with van der Waals surface area (Å²) >= 11 is 8.04. The summed E-state index contributed by atoms with van der Waals surface area (Å²) in [5.74, 6) is 0. The number of aromatic nitrogens is 1. The van der Waals surface area contributed by atoms with Crippen LogP contribution < -0.4 is 0 Å². The maximum atomic E-state index is 9.06. The van der Waals surface area contributed by atoms with Gasteiger partial charge in [-0.05, 0) is 59.3 Å². The maximum Gasteiger partial charge on any atom is 0.148 e. The van der Waals surface area contributed by atoms with Gasteiger partial charge in [0.1, 0.15) is 14.9 Å². The van der Waals surface area contributed by atoms with Crippen molar-refractivity contribution in [1.29, 1.82) is 5.26 Å². The van der Waals surface area contributed by atoms with Crippen molar-refractivity contribution in [2.45, 2.75) is 12.8 Å². The number of pyridine rings is 1. The van der Waals surface area contributed by atoms with E-state index in [4.69, 9.17) is 16.9 Å². The number of hydrogen-bond donors (Lipinski definition) is 0. The summed E-state index contributed by atoms with van der Waals surface area (Å²) in [5.41, 5.74) is 1.28. The lowest BCUT2D eigenvalue weighted by Gasteiger charge is -2.10. The number of likely N-dealkylation sites (tertiary alicyclic amines) is 1. The first-order valence-corrected chi connectivity index (χ1v) is 6.85. The van der Waals surface area contributed by atoms with E-state index < -0.39 is 0 Å². The molecule has 0 saturated carbocycles. The highest BCUT2D eigenvalue weighted by atomic mass is 127. The normalized spacial score (nSPS) is 15.5. The van der Waals surface area contributed by atoms with Gasteiger partial charge in [0.05, 0.1) is 5.56 Å². The summed E-state index contributed by atoms with van der Waals surface area (Å²) in [6.45, 7) is 2.18. The van der Waals surface area contributed by atoms with Crippen LogP contribution in [0.3, 0.4) is 0 Å². The number of hydrogen-bond acceptors (Lipinski definition) is 3. The highest BCUT2D eigenvalue weighted by Crippen LogP contribution is 2.21. The van der Waals surface area contributed by atoms with Crippen LogP contribution >= 0.6 is 34.2 Å². The molecule has 3 nitrogen and oxygen atoms in total. The van der Waals surface area contributed by atoms with Crippen LogP contribution in [0.5, 0.6) is 0 Å². The molecule has 2 rings (SSSR count). The third-order valence-corrected chi connectivity index (χ3v) is 3.52. The second kappa shape index (κ2) is 5.69. The van der Waals surface area contributed by atoms with Crippen LogP contribution in [0.15, 0.2) is 12.3 Å². The minimum atomic E-state index is 0.278. The fourth-order valence-electron chi connectivity index (χ4n) is 1.82. The Morgan fingerprint density at radius 2 is 2.18 bits per heavy atom. The van der Waals surface area contributed by atoms with Gasteiger partial charge in [-0.1, -0.05) is 11.6 Å². The zero-order chi connectivity index (χ0) is 12.3. The van der Waals surface area contributed by atoms with Gasteiger partial charge in [-0.25, -0.2) is 4.98 Å². The molecule has 1 aliphatic rings. The quantitative estimate of drug-likeness (QED) is 0.601. The molecule has 88 valence electrons. The van der Waals surface area contributed by atoms with E-state index >= 15 is 0 Å². The largest absolute Gasteiger partial charge is 0.377 e. The van der Waals surface area contributed by atoms with Crippen LogP contribution in [0.1, 0.15) is 24.0 Å². The molecule has 2 heterocycles. The summed E-state index contributed by atoms with van der Waals surface area (Å²) < 4.78 is 0.799. The summed E-state index contributed by atoms with van der Waals surface area (Å²) in [6, 6.07) is 3.97. The molecule has 0 aromatic carbocycles. The van der Waals surface area contributed by atoms with Gasteiger partial charge in [-0.2, -0.15) is 5.26 Å². The van der Waals surface area contributed by atoms with E-state index in [9.17, 15) is 0 Å². The molecule has 1 aromatic heterocycles. The van der Waals surface area contributed by atoms with E-state index in [0.29, 0.717) is 5.56 Å². The lowest BCUT2D eigenvalue weighted by Crippen LogP contribution is -2.10. The number of halogens is 2. The summed E-state index contributed by atoms with van der Waals surface area (Å²) in [7, 11) is 0. The van der Waals surface area contributed by atoms with E-state index in [2.05, 4.69) is 38.5 Å². The van der Waals surface area contributed by atoms with Gasteiger partial charge in [0.25, 0.3) is 0 Å². The monoisotopic (exact) mass is 359 g/mol. The first-order chi connectivity index (χ1) is 8.20. The molecule has 17 heavy (non-hydrogen) atoms. The molecule has 0 atom stereocenters. The Balaban J connectivity index is 2.28.